The third-order valence-electron chi connectivity index (χ3n) is 3.03. The summed E-state index contributed by atoms with van der Waals surface area (Å²) in [5, 5.41) is 0. The third kappa shape index (κ3) is 7.70. The van der Waals surface area contributed by atoms with Crippen LogP contribution >= 0.6 is 0 Å². The van der Waals surface area contributed by atoms with Gasteiger partial charge in [0, 0.05) is 13.1 Å². The van der Waals surface area contributed by atoms with Crippen LogP contribution in [-0.2, 0) is 9.53 Å². The van der Waals surface area contributed by atoms with Crippen LogP contribution in [0.3, 0.4) is 0 Å². The number of carbonyl (C=O) groups excluding carboxylic acids is 1. The first-order chi connectivity index (χ1) is 8.40. The van der Waals surface area contributed by atoms with Gasteiger partial charge in [-0.2, -0.15) is 0 Å². The van der Waals surface area contributed by atoms with E-state index in [-0.39, 0.29) is 18.6 Å². The van der Waals surface area contributed by atoms with Gasteiger partial charge >= 0.3 is 0 Å². The van der Waals surface area contributed by atoms with Crippen LogP contribution in [0.4, 0.5) is 0 Å². The van der Waals surface area contributed by atoms with E-state index < -0.39 is 0 Å². The van der Waals surface area contributed by atoms with Crippen molar-refractivity contribution in [2.45, 2.75) is 60.5 Å². The lowest BCUT2D eigenvalue weighted by Crippen LogP contribution is -2.35. The SMILES string of the molecule is CCN(CC)C(=O)COC(CC(C)C)CC(C)C. The average molecular weight is 257 g/mol. The van der Waals surface area contributed by atoms with Gasteiger partial charge in [0.2, 0.25) is 5.91 Å². The molecule has 0 spiro atoms. The van der Waals surface area contributed by atoms with Crippen molar-refractivity contribution in [3.63, 3.8) is 0 Å². The average Bonchev–Trinajstić information content (AvgIpc) is 2.26. The Morgan fingerprint density at radius 3 is 1.78 bits per heavy atom. The summed E-state index contributed by atoms with van der Waals surface area (Å²) in [6.07, 6.45) is 2.28. The molecule has 0 bridgehead atoms. The normalized spacial score (nSPS) is 11.6. The molecule has 18 heavy (non-hydrogen) atoms. The lowest BCUT2D eigenvalue weighted by molar-refractivity contribution is -0.138. The third-order valence-corrected chi connectivity index (χ3v) is 3.03. The van der Waals surface area contributed by atoms with E-state index in [4.69, 9.17) is 4.74 Å². The summed E-state index contributed by atoms with van der Waals surface area (Å²) in [5.74, 6) is 1.33. The fourth-order valence-corrected chi connectivity index (χ4v) is 2.14. The summed E-state index contributed by atoms with van der Waals surface area (Å²) < 4.78 is 5.82. The van der Waals surface area contributed by atoms with E-state index in [9.17, 15) is 4.79 Å². The predicted molar refractivity (Wildman–Crippen MR) is 76.6 cm³/mol. The highest BCUT2D eigenvalue weighted by Crippen LogP contribution is 2.16. The van der Waals surface area contributed by atoms with Crippen molar-refractivity contribution in [1.82, 2.24) is 4.90 Å². The molecule has 0 saturated carbocycles. The van der Waals surface area contributed by atoms with E-state index in [1.165, 1.54) is 0 Å². The molecular formula is C15H31NO2. The number of rotatable bonds is 9. The van der Waals surface area contributed by atoms with Crippen molar-refractivity contribution in [2.75, 3.05) is 19.7 Å². The van der Waals surface area contributed by atoms with Gasteiger partial charge in [0.25, 0.3) is 0 Å². The van der Waals surface area contributed by atoms with E-state index in [1.807, 2.05) is 18.7 Å². The zero-order valence-corrected chi connectivity index (χ0v) is 13.0. The second-order valence-electron chi connectivity index (χ2n) is 5.76. The Bertz CT molecular complexity index is 213. The van der Waals surface area contributed by atoms with Crippen molar-refractivity contribution in [3.05, 3.63) is 0 Å². The monoisotopic (exact) mass is 257 g/mol. The first-order valence-electron chi connectivity index (χ1n) is 7.29. The molecule has 0 aromatic heterocycles. The Balaban J connectivity index is 4.19. The van der Waals surface area contributed by atoms with Gasteiger partial charge in [0.15, 0.2) is 0 Å². The molecule has 0 aromatic rings. The maximum atomic E-state index is 11.9. The molecule has 0 N–H and O–H groups in total. The minimum absolute atomic E-state index is 0.109. The zero-order valence-electron chi connectivity index (χ0n) is 13.0. The Morgan fingerprint density at radius 1 is 1.00 bits per heavy atom. The van der Waals surface area contributed by atoms with E-state index in [0.29, 0.717) is 11.8 Å². The summed E-state index contributed by atoms with van der Waals surface area (Å²) in [7, 11) is 0. The molecule has 0 heterocycles. The fourth-order valence-electron chi connectivity index (χ4n) is 2.14. The number of ether oxygens (including phenoxy) is 1. The first kappa shape index (κ1) is 17.4. The molecule has 0 fully saturated rings. The molecule has 0 unspecified atom stereocenters. The lowest BCUT2D eigenvalue weighted by Gasteiger charge is -2.24. The van der Waals surface area contributed by atoms with Crippen LogP contribution in [0.25, 0.3) is 0 Å². The van der Waals surface area contributed by atoms with E-state index in [2.05, 4.69) is 27.7 Å². The highest BCUT2D eigenvalue weighted by Gasteiger charge is 2.17. The molecule has 0 aliphatic rings. The molecule has 3 heteroatoms. The molecule has 108 valence electrons. The van der Waals surface area contributed by atoms with Crippen molar-refractivity contribution in [3.8, 4) is 0 Å². The topological polar surface area (TPSA) is 29.5 Å². The molecular weight excluding hydrogens is 226 g/mol. The maximum Gasteiger partial charge on any atom is 0.248 e. The summed E-state index contributed by atoms with van der Waals surface area (Å²) in [4.78, 5) is 13.7. The zero-order chi connectivity index (χ0) is 14.1. The van der Waals surface area contributed by atoms with Crippen LogP contribution in [0, 0.1) is 11.8 Å². The molecule has 0 aromatic carbocycles. The minimum atomic E-state index is 0.109. The van der Waals surface area contributed by atoms with Crippen LogP contribution in [-0.4, -0.2) is 36.6 Å². The predicted octanol–water partition coefficient (Wildman–Crippen LogP) is 3.33. The number of carbonyl (C=O) groups is 1. The highest BCUT2D eigenvalue weighted by atomic mass is 16.5. The number of nitrogens with zero attached hydrogens (tertiary/aromatic N) is 1. The van der Waals surface area contributed by atoms with Crippen LogP contribution < -0.4 is 0 Å². The van der Waals surface area contributed by atoms with Crippen molar-refractivity contribution in [2.24, 2.45) is 11.8 Å². The smallest absolute Gasteiger partial charge is 0.248 e. The van der Waals surface area contributed by atoms with Crippen LogP contribution in [0.2, 0.25) is 0 Å². The molecule has 0 radical (unpaired) electrons. The summed E-state index contributed by atoms with van der Waals surface area (Å²) in [6, 6.07) is 0. The maximum absolute atomic E-state index is 11.9. The van der Waals surface area contributed by atoms with Crippen LogP contribution in [0.15, 0.2) is 0 Å². The number of likely N-dealkylation sites (N-methyl/N-ethyl adjacent to an activating group) is 1. The number of hydrogen-bond acceptors (Lipinski definition) is 2. The largest absolute Gasteiger partial charge is 0.368 e. The Kier molecular flexibility index (Phi) is 9.08. The second kappa shape index (κ2) is 9.37. The van der Waals surface area contributed by atoms with Gasteiger partial charge in [-0.3, -0.25) is 4.79 Å². The van der Waals surface area contributed by atoms with E-state index >= 15 is 0 Å². The number of hydrogen-bond donors (Lipinski definition) is 0. The Labute approximate surface area is 113 Å². The van der Waals surface area contributed by atoms with Gasteiger partial charge in [-0.1, -0.05) is 27.7 Å². The molecule has 0 aliphatic heterocycles. The summed E-state index contributed by atoms with van der Waals surface area (Å²) in [6.45, 7) is 14.5. The molecule has 3 nitrogen and oxygen atoms in total. The number of amides is 1. The lowest BCUT2D eigenvalue weighted by atomic mass is 9.98. The molecule has 0 rings (SSSR count). The van der Waals surface area contributed by atoms with Gasteiger partial charge < -0.3 is 9.64 Å². The molecule has 0 atom stereocenters. The van der Waals surface area contributed by atoms with Gasteiger partial charge in [-0.05, 0) is 38.5 Å². The van der Waals surface area contributed by atoms with E-state index in [1.54, 1.807) is 0 Å². The van der Waals surface area contributed by atoms with Crippen molar-refractivity contribution < 1.29 is 9.53 Å². The van der Waals surface area contributed by atoms with E-state index in [0.717, 1.165) is 25.9 Å². The van der Waals surface area contributed by atoms with Gasteiger partial charge in [-0.15, -0.1) is 0 Å². The minimum Gasteiger partial charge on any atom is -0.368 e. The van der Waals surface area contributed by atoms with Crippen molar-refractivity contribution in [1.29, 1.82) is 0 Å². The second-order valence-corrected chi connectivity index (χ2v) is 5.76. The Hall–Kier alpha value is -0.570. The van der Waals surface area contributed by atoms with Crippen LogP contribution in [0.1, 0.15) is 54.4 Å². The van der Waals surface area contributed by atoms with Crippen molar-refractivity contribution >= 4 is 5.91 Å². The standard InChI is InChI=1S/C15H31NO2/c1-7-16(8-2)15(17)11-18-14(9-12(3)4)10-13(5)6/h12-14H,7-11H2,1-6H3. The van der Waals surface area contributed by atoms with Crippen LogP contribution in [0.5, 0.6) is 0 Å². The molecule has 1 amide bonds. The summed E-state index contributed by atoms with van der Waals surface area (Å²) >= 11 is 0. The fraction of sp³-hybridized carbons (Fsp3) is 0.933. The highest BCUT2D eigenvalue weighted by molar-refractivity contribution is 5.77. The van der Waals surface area contributed by atoms with Gasteiger partial charge in [-0.25, -0.2) is 0 Å². The summed E-state index contributed by atoms with van der Waals surface area (Å²) in [5.41, 5.74) is 0. The molecule has 0 saturated heterocycles. The van der Waals surface area contributed by atoms with Gasteiger partial charge in [0.1, 0.15) is 6.61 Å². The molecule has 0 aliphatic carbocycles. The first-order valence-corrected chi connectivity index (χ1v) is 7.29. The quantitative estimate of drug-likeness (QED) is 0.634. The Morgan fingerprint density at radius 2 is 1.44 bits per heavy atom. The van der Waals surface area contributed by atoms with Gasteiger partial charge in [0.05, 0.1) is 6.10 Å².